The van der Waals surface area contributed by atoms with Crippen LogP contribution in [-0.4, -0.2) is 75.5 Å². The summed E-state index contributed by atoms with van der Waals surface area (Å²) in [5, 5.41) is 13.1. The van der Waals surface area contributed by atoms with Crippen molar-refractivity contribution in [3.8, 4) is 0 Å². The molecule has 4 heterocycles. The first-order valence-corrected chi connectivity index (χ1v) is 12.3. The zero-order valence-electron chi connectivity index (χ0n) is 20.1. The highest BCUT2D eigenvalue weighted by Crippen LogP contribution is 2.26. The molecule has 0 aromatic carbocycles. The second-order valence-corrected chi connectivity index (χ2v) is 9.26. The van der Waals surface area contributed by atoms with Gasteiger partial charge >= 0.3 is 0 Å². The fourth-order valence-electron chi connectivity index (χ4n) is 4.80. The summed E-state index contributed by atoms with van der Waals surface area (Å²) in [5.41, 5.74) is 0.676. The van der Waals surface area contributed by atoms with Gasteiger partial charge in [-0.1, -0.05) is 0 Å². The fraction of sp³-hybridized carbons (Fsp3) is 0.500. The number of alkyl halides is 2. The van der Waals surface area contributed by atoms with E-state index in [0.29, 0.717) is 36.7 Å². The molecule has 0 unspecified atom stereocenters. The summed E-state index contributed by atoms with van der Waals surface area (Å²) >= 11 is 0. The predicted octanol–water partition coefficient (Wildman–Crippen LogP) is 2.51. The average Bonchev–Trinajstić information content (AvgIpc) is 3.32. The van der Waals surface area contributed by atoms with Gasteiger partial charge in [0, 0.05) is 45.0 Å². The van der Waals surface area contributed by atoms with E-state index in [1.807, 2.05) is 0 Å². The topological polar surface area (TPSA) is 109 Å². The van der Waals surface area contributed by atoms with Crippen molar-refractivity contribution in [2.75, 3.05) is 44.0 Å². The zero-order valence-corrected chi connectivity index (χ0v) is 20.1. The van der Waals surface area contributed by atoms with Gasteiger partial charge in [-0.3, -0.25) is 9.59 Å². The number of hydrogen-bond acceptors (Lipinski definition) is 7. The summed E-state index contributed by atoms with van der Waals surface area (Å²) in [7, 11) is 1.72. The van der Waals surface area contributed by atoms with Crippen molar-refractivity contribution in [2.45, 2.75) is 43.9 Å². The largest absolute Gasteiger partial charge is 0.373 e. The summed E-state index contributed by atoms with van der Waals surface area (Å²) in [5.74, 6) is 0.483. The molecular formula is C24H30F2N8O2. The van der Waals surface area contributed by atoms with Gasteiger partial charge in [-0.15, -0.1) is 0 Å². The van der Waals surface area contributed by atoms with Crippen LogP contribution in [0.3, 0.4) is 0 Å². The monoisotopic (exact) mass is 500 g/mol. The molecule has 1 saturated carbocycles. The van der Waals surface area contributed by atoms with E-state index in [4.69, 9.17) is 0 Å². The number of rotatable bonds is 8. The Labute approximate surface area is 206 Å². The molecule has 2 fully saturated rings. The molecule has 10 nitrogen and oxygen atoms in total. The highest BCUT2D eigenvalue weighted by Gasteiger charge is 2.33. The van der Waals surface area contributed by atoms with Crippen LogP contribution in [0.4, 0.5) is 26.1 Å². The summed E-state index contributed by atoms with van der Waals surface area (Å²) in [6, 6.07) is 4.72. The van der Waals surface area contributed by atoms with E-state index in [1.54, 1.807) is 36.0 Å². The van der Waals surface area contributed by atoms with Gasteiger partial charge < -0.3 is 25.4 Å². The van der Waals surface area contributed by atoms with Gasteiger partial charge in [-0.05, 0) is 37.8 Å². The maximum absolute atomic E-state index is 13.7. The maximum Gasteiger partial charge on any atom is 0.274 e. The number of hydrogen-bond donors (Lipinski definition) is 3. The zero-order chi connectivity index (χ0) is 25.2. The normalized spacial score (nSPS) is 20.8. The first-order chi connectivity index (χ1) is 17.5. The van der Waals surface area contributed by atoms with Gasteiger partial charge in [0.15, 0.2) is 5.65 Å². The van der Waals surface area contributed by atoms with Crippen LogP contribution in [0.2, 0.25) is 0 Å². The van der Waals surface area contributed by atoms with Crippen molar-refractivity contribution < 1.29 is 13.6 Å². The van der Waals surface area contributed by atoms with E-state index in [0.717, 1.165) is 25.9 Å². The van der Waals surface area contributed by atoms with Gasteiger partial charge in [-0.25, -0.2) is 13.8 Å². The van der Waals surface area contributed by atoms with Crippen molar-refractivity contribution in [2.24, 2.45) is 0 Å². The number of likely N-dealkylation sites (tertiary alicyclic amines) is 1. The number of carbonyl (C=O) groups is 1. The van der Waals surface area contributed by atoms with Crippen molar-refractivity contribution >= 4 is 28.9 Å². The minimum absolute atomic E-state index is 0.0365. The van der Waals surface area contributed by atoms with Crippen LogP contribution in [0.15, 0.2) is 35.4 Å². The van der Waals surface area contributed by atoms with Crippen molar-refractivity contribution in [3.63, 3.8) is 0 Å². The molecule has 3 aromatic rings. The van der Waals surface area contributed by atoms with Crippen LogP contribution in [0, 0.1) is 0 Å². The maximum atomic E-state index is 13.7. The summed E-state index contributed by atoms with van der Waals surface area (Å²) in [6.07, 6.45) is 4.73. The molecule has 0 radical (unpaired) electrons. The molecule has 3 N–H and O–H groups in total. The highest BCUT2D eigenvalue weighted by atomic mass is 19.1. The molecule has 5 rings (SSSR count). The molecule has 192 valence electrons. The van der Waals surface area contributed by atoms with E-state index < -0.39 is 18.1 Å². The van der Waals surface area contributed by atoms with Crippen LogP contribution >= 0.6 is 0 Å². The number of fused-ring (bicyclic) bond motifs is 1. The second-order valence-electron chi connectivity index (χ2n) is 9.26. The number of nitrogens with zero attached hydrogens (tertiary/aromatic N) is 5. The Morgan fingerprint density at radius 2 is 2.03 bits per heavy atom. The Bertz CT molecular complexity index is 1300. The van der Waals surface area contributed by atoms with E-state index >= 15 is 0 Å². The standard InChI is InChI=1S/C24H30F2N8O2/c1-27-21-13-20(31-22-16(14-28-34(21)22)23(35)30-18-5-4-17(18)26)29-19-3-2-9-33(24(19)36)15-6-10-32(11-7-15)12-8-25/h2-3,9,13-15,17-18,27H,4-8,10-12H2,1H3,(H,29,31)(H,30,35)/t17-,18-/m0/s1. The third-order valence-corrected chi connectivity index (χ3v) is 7.07. The average molecular weight is 501 g/mol. The van der Waals surface area contributed by atoms with Crippen molar-refractivity contribution in [3.05, 3.63) is 46.5 Å². The number of piperidine rings is 1. The fourth-order valence-corrected chi connectivity index (χ4v) is 4.80. The lowest BCUT2D eigenvalue weighted by molar-refractivity contribution is 0.0826. The third kappa shape index (κ3) is 4.64. The predicted molar refractivity (Wildman–Crippen MR) is 133 cm³/mol. The Hall–Kier alpha value is -3.54. The molecule has 1 amide bonds. The molecule has 3 aromatic heterocycles. The van der Waals surface area contributed by atoms with E-state index in [1.165, 1.54) is 10.7 Å². The number of amides is 1. The minimum Gasteiger partial charge on any atom is -0.373 e. The van der Waals surface area contributed by atoms with Gasteiger partial charge in [-0.2, -0.15) is 9.61 Å². The minimum atomic E-state index is -1.04. The number of nitrogens with one attached hydrogen (secondary N) is 3. The SMILES string of the molecule is CNc1cc(Nc2cccn(C3CCN(CCF)CC3)c2=O)nc2c(C(=O)N[C@H]3CC[C@@H]3F)cnn12. The Morgan fingerprint density at radius 3 is 2.69 bits per heavy atom. The molecule has 12 heteroatoms. The molecule has 1 aliphatic heterocycles. The number of carbonyl (C=O) groups excluding carboxylic acids is 1. The van der Waals surface area contributed by atoms with E-state index in [2.05, 4.69) is 30.9 Å². The van der Waals surface area contributed by atoms with Crippen LogP contribution in [0.1, 0.15) is 42.1 Å². The second kappa shape index (κ2) is 10.2. The number of anilines is 3. The van der Waals surface area contributed by atoms with Gasteiger partial charge in [0.1, 0.15) is 35.7 Å². The summed E-state index contributed by atoms with van der Waals surface area (Å²) in [6.45, 7) is 1.55. The first kappa shape index (κ1) is 24.2. The van der Waals surface area contributed by atoms with Gasteiger partial charge in [0.25, 0.3) is 11.5 Å². The third-order valence-electron chi connectivity index (χ3n) is 7.07. The highest BCUT2D eigenvalue weighted by molar-refractivity contribution is 6.00. The molecule has 0 bridgehead atoms. The molecule has 1 saturated heterocycles. The van der Waals surface area contributed by atoms with Gasteiger partial charge in [0.05, 0.1) is 12.2 Å². The molecular weight excluding hydrogens is 470 g/mol. The van der Waals surface area contributed by atoms with Crippen LogP contribution < -0.4 is 21.5 Å². The van der Waals surface area contributed by atoms with Crippen LogP contribution in [0.25, 0.3) is 5.65 Å². The lowest BCUT2D eigenvalue weighted by Gasteiger charge is -2.32. The van der Waals surface area contributed by atoms with Crippen LogP contribution in [-0.2, 0) is 0 Å². The Kier molecular flexibility index (Phi) is 6.86. The molecule has 2 aliphatic rings. The molecule has 36 heavy (non-hydrogen) atoms. The van der Waals surface area contributed by atoms with E-state index in [-0.39, 0.29) is 29.5 Å². The quantitative estimate of drug-likeness (QED) is 0.436. The smallest absolute Gasteiger partial charge is 0.274 e. The lowest BCUT2D eigenvalue weighted by atomic mass is 9.90. The lowest BCUT2D eigenvalue weighted by Crippen LogP contribution is -2.48. The van der Waals surface area contributed by atoms with Crippen molar-refractivity contribution in [1.82, 2.24) is 29.4 Å². The molecule has 2 atom stereocenters. The van der Waals surface area contributed by atoms with Gasteiger partial charge in [0.2, 0.25) is 0 Å². The number of pyridine rings is 1. The Balaban J connectivity index is 1.40. The molecule has 0 spiro atoms. The van der Waals surface area contributed by atoms with E-state index in [9.17, 15) is 18.4 Å². The number of aromatic nitrogens is 4. The number of halogens is 2. The van der Waals surface area contributed by atoms with Crippen LogP contribution in [0.5, 0.6) is 0 Å². The summed E-state index contributed by atoms with van der Waals surface area (Å²) < 4.78 is 29.5. The molecule has 1 aliphatic carbocycles. The van der Waals surface area contributed by atoms with Crippen molar-refractivity contribution in [1.29, 1.82) is 0 Å². The Morgan fingerprint density at radius 1 is 1.22 bits per heavy atom. The summed E-state index contributed by atoms with van der Waals surface area (Å²) in [4.78, 5) is 32.7. The first-order valence-electron chi connectivity index (χ1n) is 12.3.